The molecule has 0 saturated carbocycles. The van der Waals surface area contributed by atoms with E-state index < -0.39 is 0 Å². The molecule has 0 fully saturated rings. The van der Waals surface area contributed by atoms with Crippen LogP contribution in [0.2, 0.25) is 5.02 Å². The zero-order valence-electron chi connectivity index (χ0n) is 10.1. The van der Waals surface area contributed by atoms with Crippen LogP contribution >= 0.6 is 11.6 Å². The first-order chi connectivity index (χ1) is 8.72. The highest BCUT2D eigenvalue weighted by molar-refractivity contribution is 6.31. The Kier molecular flexibility index (Phi) is 3.86. The van der Waals surface area contributed by atoms with Gasteiger partial charge in [0.05, 0.1) is 11.3 Å². The highest BCUT2D eigenvalue weighted by Crippen LogP contribution is 2.22. The topological polar surface area (TPSA) is 35.8 Å². The molecular weight excluding hydrogens is 244 g/mol. The second-order valence-corrected chi connectivity index (χ2v) is 4.46. The fourth-order valence-corrected chi connectivity index (χ4v) is 2.02. The average Bonchev–Trinajstić information content (AvgIpc) is 2.39. The standard InChI is InChI=1S/C15H13ClN2/c1-11-5-4-7-12(9-17)15(11)18-10-13-6-2-3-8-14(13)16/h2-8,18H,10H2,1H3. The lowest BCUT2D eigenvalue weighted by Crippen LogP contribution is -2.03. The van der Waals surface area contributed by atoms with E-state index in [4.69, 9.17) is 16.9 Å². The zero-order valence-corrected chi connectivity index (χ0v) is 10.8. The summed E-state index contributed by atoms with van der Waals surface area (Å²) < 4.78 is 0. The summed E-state index contributed by atoms with van der Waals surface area (Å²) in [6.45, 7) is 2.59. The Labute approximate surface area is 112 Å². The Morgan fingerprint density at radius 2 is 1.94 bits per heavy atom. The predicted octanol–water partition coefficient (Wildman–Crippen LogP) is 4.13. The van der Waals surface area contributed by atoms with E-state index in [1.807, 2.05) is 49.4 Å². The molecule has 0 saturated heterocycles. The van der Waals surface area contributed by atoms with Crippen LogP contribution in [0.3, 0.4) is 0 Å². The number of para-hydroxylation sites is 1. The van der Waals surface area contributed by atoms with Crippen molar-refractivity contribution in [3.63, 3.8) is 0 Å². The number of hydrogen-bond donors (Lipinski definition) is 1. The summed E-state index contributed by atoms with van der Waals surface area (Å²) in [6.07, 6.45) is 0. The first-order valence-corrected chi connectivity index (χ1v) is 6.07. The molecule has 0 aliphatic heterocycles. The molecule has 0 bridgehead atoms. The summed E-state index contributed by atoms with van der Waals surface area (Å²) in [5.74, 6) is 0. The van der Waals surface area contributed by atoms with Gasteiger partial charge in [-0.25, -0.2) is 0 Å². The highest BCUT2D eigenvalue weighted by Gasteiger charge is 2.05. The number of nitriles is 1. The van der Waals surface area contributed by atoms with Crippen LogP contribution in [0, 0.1) is 18.3 Å². The molecule has 1 N–H and O–H groups in total. The molecule has 2 aromatic rings. The zero-order chi connectivity index (χ0) is 13.0. The third-order valence-electron chi connectivity index (χ3n) is 2.81. The number of halogens is 1. The van der Waals surface area contributed by atoms with Crippen molar-refractivity contribution < 1.29 is 0 Å². The van der Waals surface area contributed by atoms with Gasteiger partial charge >= 0.3 is 0 Å². The summed E-state index contributed by atoms with van der Waals surface area (Å²) in [4.78, 5) is 0. The lowest BCUT2D eigenvalue weighted by atomic mass is 10.1. The molecule has 3 heteroatoms. The van der Waals surface area contributed by atoms with E-state index in [0.29, 0.717) is 12.1 Å². The molecule has 0 unspecified atom stereocenters. The van der Waals surface area contributed by atoms with Gasteiger partial charge in [0.15, 0.2) is 0 Å². The van der Waals surface area contributed by atoms with Crippen LogP contribution in [0.15, 0.2) is 42.5 Å². The maximum Gasteiger partial charge on any atom is 0.101 e. The van der Waals surface area contributed by atoms with Crippen molar-refractivity contribution in [1.29, 1.82) is 5.26 Å². The monoisotopic (exact) mass is 256 g/mol. The Balaban J connectivity index is 2.22. The van der Waals surface area contributed by atoms with Gasteiger partial charge in [0.1, 0.15) is 6.07 Å². The molecule has 0 amide bonds. The van der Waals surface area contributed by atoms with Gasteiger partial charge in [-0.1, -0.05) is 41.9 Å². The van der Waals surface area contributed by atoms with E-state index in [9.17, 15) is 0 Å². The van der Waals surface area contributed by atoms with Crippen LogP contribution in [0.1, 0.15) is 16.7 Å². The van der Waals surface area contributed by atoms with Gasteiger partial charge in [-0.2, -0.15) is 5.26 Å². The fourth-order valence-electron chi connectivity index (χ4n) is 1.82. The van der Waals surface area contributed by atoms with E-state index in [1.165, 1.54) is 0 Å². The number of hydrogen-bond acceptors (Lipinski definition) is 2. The quantitative estimate of drug-likeness (QED) is 0.896. The summed E-state index contributed by atoms with van der Waals surface area (Å²) in [5, 5.41) is 13.1. The normalized spacial score (nSPS) is 9.83. The van der Waals surface area contributed by atoms with Crippen LogP contribution in [-0.2, 0) is 6.54 Å². The number of anilines is 1. The van der Waals surface area contributed by atoms with Crippen LogP contribution < -0.4 is 5.32 Å². The molecule has 90 valence electrons. The van der Waals surface area contributed by atoms with Crippen molar-refractivity contribution in [3.8, 4) is 6.07 Å². The van der Waals surface area contributed by atoms with Crippen molar-refractivity contribution in [2.24, 2.45) is 0 Å². The maximum absolute atomic E-state index is 9.08. The third-order valence-corrected chi connectivity index (χ3v) is 3.18. The smallest absolute Gasteiger partial charge is 0.101 e. The van der Waals surface area contributed by atoms with E-state index in [2.05, 4.69) is 11.4 Å². The highest BCUT2D eigenvalue weighted by atomic mass is 35.5. The maximum atomic E-state index is 9.08. The third kappa shape index (κ3) is 2.64. The minimum atomic E-state index is 0.610. The average molecular weight is 257 g/mol. The number of nitrogens with zero attached hydrogens (tertiary/aromatic N) is 1. The van der Waals surface area contributed by atoms with Gasteiger partial charge < -0.3 is 5.32 Å². The number of aryl methyl sites for hydroxylation is 1. The lowest BCUT2D eigenvalue weighted by molar-refractivity contribution is 1.14. The minimum absolute atomic E-state index is 0.610. The Morgan fingerprint density at radius 1 is 1.17 bits per heavy atom. The largest absolute Gasteiger partial charge is 0.380 e. The Hall–Kier alpha value is -1.98. The van der Waals surface area contributed by atoms with E-state index >= 15 is 0 Å². The van der Waals surface area contributed by atoms with Crippen LogP contribution in [0.4, 0.5) is 5.69 Å². The SMILES string of the molecule is Cc1cccc(C#N)c1NCc1ccccc1Cl. The van der Waals surface area contributed by atoms with Crippen molar-refractivity contribution in [2.45, 2.75) is 13.5 Å². The Morgan fingerprint density at radius 3 is 2.67 bits per heavy atom. The molecule has 2 nitrogen and oxygen atoms in total. The van der Waals surface area contributed by atoms with Gasteiger partial charge in [0, 0.05) is 11.6 Å². The molecule has 2 rings (SSSR count). The van der Waals surface area contributed by atoms with Gasteiger partial charge in [0.25, 0.3) is 0 Å². The molecule has 0 atom stereocenters. The van der Waals surface area contributed by atoms with Gasteiger partial charge in [-0.15, -0.1) is 0 Å². The van der Waals surface area contributed by atoms with Crippen molar-refractivity contribution >= 4 is 17.3 Å². The van der Waals surface area contributed by atoms with Crippen LogP contribution in [0.5, 0.6) is 0 Å². The predicted molar refractivity (Wildman–Crippen MR) is 74.7 cm³/mol. The summed E-state index contributed by atoms with van der Waals surface area (Å²) in [6, 6.07) is 15.6. The second kappa shape index (κ2) is 5.57. The van der Waals surface area contributed by atoms with Crippen LogP contribution in [-0.4, -0.2) is 0 Å². The number of benzene rings is 2. The van der Waals surface area contributed by atoms with Crippen LogP contribution in [0.25, 0.3) is 0 Å². The van der Waals surface area contributed by atoms with Gasteiger partial charge in [-0.3, -0.25) is 0 Å². The van der Waals surface area contributed by atoms with Crippen molar-refractivity contribution in [3.05, 3.63) is 64.2 Å². The number of nitrogens with one attached hydrogen (secondary N) is 1. The molecule has 0 radical (unpaired) electrons. The van der Waals surface area contributed by atoms with E-state index in [-0.39, 0.29) is 0 Å². The van der Waals surface area contributed by atoms with Gasteiger partial charge in [-0.05, 0) is 30.2 Å². The molecule has 0 aromatic heterocycles. The molecule has 2 aromatic carbocycles. The molecule has 0 aliphatic rings. The summed E-state index contributed by atoms with van der Waals surface area (Å²) >= 11 is 6.10. The fraction of sp³-hybridized carbons (Fsp3) is 0.133. The lowest BCUT2D eigenvalue weighted by Gasteiger charge is -2.12. The van der Waals surface area contributed by atoms with Gasteiger partial charge in [0.2, 0.25) is 0 Å². The first kappa shape index (κ1) is 12.5. The second-order valence-electron chi connectivity index (χ2n) is 4.05. The van der Waals surface area contributed by atoms with E-state index in [1.54, 1.807) is 0 Å². The van der Waals surface area contributed by atoms with E-state index in [0.717, 1.165) is 21.8 Å². The van der Waals surface area contributed by atoms with Crippen molar-refractivity contribution in [1.82, 2.24) is 0 Å². The molecule has 0 aliphatic carbocycles. The molecule has 0 heterocycles. The number of rotatable bonds is 3. The summed E-state index contributed by atoms with van der Waals surface area (Å²) in [7, 11) is 0. The van der Waals surface area contributed by atoms with Crippen molar-refractivity contribution in [2.75, 3.05) is 5.32 Å². The first-order valence-electron chi connectivity index (χ1n) is 5.69. The minimum Gasteiger partial charge on any atom is -0.380 e. The molecule has 0 spiro atoms. The molecular formula is C15H13ClN2. The Bertz CT molecular complexity index is 600. The summed E-state index contributed by atoms with van der Waals surface area (Å²) in [5.41, 5.74) is 3.61. The molecule has 18 heavy (non-hydrogen) atoms.